The quantitative estimate of drug-likeness (QED) is 0.356. The molecule has 0 saturated carbocycles. The van der Waals surface area contributed by atoms with Gasteiger partial charge in [-0.05, 0) is 31.2 Å². The summed E-state index contributed by atoms with van der Waals surface area (Å²) in [5, 5.41) is 17.6. The van der Waals surface area contributed by atoms with Crippen molar-refractivity contribution in [1.29, 1.82) is 0 Å². The van der Waals surface area contributed by atoms with E-state index >= 15 is 0 Å². The van der Waals surface area contributed by atoms with Gasteiger partial charge in [-0.3, -0.25) is 14.9 Å². The maximum atomic E-state index is 11.8. The Labute approximate surface area is 171 Å². The lowest BCUT2D eigenvalue weighted by Crippen LogP contribution is -2.15. The molecule has 1 aromatic heterocycles. The van der Waals surface area contributed by atoms with Crippen molar-refractivity contribution in [1.82, 2.24) is 9.97 Å². The van der Waals surface area contributed by atoms with Crippen LogP contribution in [0.15, 0.2) is 48.8 Å². The zero-order valence-corrected chi connectivity index (χ0v) is 15.9. The van der Waals surface area contributed by atoms with E-state index < -0.39 is 4.92 Å². The van der Waals surface area contributed by atoms with Crippen LogP contribution < -0.4 is 20.1 Å². The fraction of sp³-hybridized carbons (Fsp3) is 0.150. The number of ether oxygens (including phenoxy) is 2. The van der Waals surface area contributed by atoms with Gasteiger partial charge in [-0.15, -0.1) is 0 Å². The van der Waals surface area contributed by atoms with Gasteiger partial charge in [-0.1, -0.05) is 12.1 Å². The van der Waals surface area contributed by atoms with Crippen molar-refractivity contribution in [2.75, 3.05) is 23.8 Å². The number of nitrogens with one attached hydrogen (secondary N) is 2. The van der Waals surface area contributed by atoms with Gasteiger partial charge in [-0.25, -0.2) is 9.97 Å². The number of hydrogen-bond donors (Lipinski definition) is 2. The molecule has 152 valence electrons. The average Bonchev–Trinajstić information content (AvgIpc) is 2.74. The maximum absolute atomic E-state index is 11.8. The number of anilines is 4. The summed E-state index contributed by atoms with van der Waals surface area (Å²) in [4.78, 5) is 30.8. The van der Waals surface area contributed by atoms with Gasteiger partial charge in [0.2, 0.25) is 11.6 Å². The summed E-state index contributed by atoms with van der Waals surface area (Å²) in [6, 6.07) is 11.7. The second-order valence-corrected chi connectivity index (χ2v) is 6.42. The minimum Gasteiger partial charge on any atom is -0.486 e. The standard InChI is InChI=1S/C20H17N5O5/c1-12(26)13-3-2-4-14(9-13)23-19-18(25(27)28)20(22-11-21-19)24-15-5-6-16-17(10-15)30-8-7-29-16/h2-6,9-11H,7-8H2,1H3,(H2,21,22,23,24). The number of nitro groups is 1. The van der Waals surface area contributed by atoms with Crippen molar-refractivity contribution in [3.8, 4) is 11.5 Å². The molecule has 2 N–H and O–H groups in total. The molecule has 3 aromatic rings. The molecule has 30 heavy (non-hydrogen) atoms. The summed E-state index contributed by atoms with van der Waals surface area (Å²) in [5.41, 5.74) is 1.19. The second-order valence-electron chi connectivity index (χ2n) is 6.42. The van der Waals surface area contributed by atoms with E-state index in [4.69, 9.17) is 9.47 Å². The van der Waals surface area contributed by atoms with Crippen LogP contribution in [0.5, 0.6) is 11.5 Å². The number of benzene rings is 2. The lowest BCUT2D eigenvalue weighted by atomic mass is 10.1. The first-order chi connectivity index (χ1) is 14.5. The molecule has 0 aliphatic carbocycles. The smallest absolute Gasteiger partial charge is 0.353 e. The van der Waals surface area contributed by atoms with Crippen molar-refractivity contribution in [3.63, 3.8) is 0 Å². The van der Waals surface area contributed by atoms with Gasteiger partial charge in [0.25, 0.3) is 0 Å². The molecule has 4 rings (SSSR count). The summed E-state index contributed by atoms with van der Waals surface area (Å²) in [5.74, 6) is 1.04. The van der Waals surface area contributed by atoms with Gasteiger partial charge in [0, 0.05) is 23.0 Å². The van der Waals surface area contributed by atoms with Crippen molar-refractivity contribution < 1.29 is 19.2 Å². The lowest BCUT2D eigenvalue weighted by Gasteiger charge is -2.19. The minimum atomic E-state index is -0.572. The van der Waals surface area contributed by atoms with Crippen LogP contribution in [0.3, 0.4) is 0 Å². The zero-order valence-electron chi connectivity index (χ0n) is 15.9. The Bertz CT molecular complexity index is 1130. The van der Waals surface area contributed by atoms with E-state index in [0.717, 1.165) is 0 Å². The maximum Gasteiger partial charge on any atom is 0.353 e. The van der Waals surface area contributed by atoms with E-state index in [2.05, 4.69) is 20.6 Å². The predicted octanol–water partition coefficient (Wildman–Crippen LogP) is 3.85. The normalized spacial score (nSPS) is 12.2. The van der Waals surface area contributed by atoms with Crippen LogP contribution >= 0.6 is 0 Å². The first-order valence-electron chi connectivity index (χ1n) is 9.05. The van der Waals surface area contributed by atoms with Crippen LogP contribution in [0, 0.1) is 10.1 Å². The van der Waals surface area contributed by atoms with E-state index in [1.54, 1.807) is 42.5 Å². The highest BCUT2D eigenvalue weighted by molar-refractivity contribution is 5.95. The number of hydrogen-bond acceptors (Lipinski definition) is 9. The van der Waals surface area contributed by atoms with Gasteiger partial charge in [0.1, 0.15) is 19.5 Å². The Hall–Kier alpha value is -4.21. The third-order valence-corrected chi connectivity index (χ3v) is 4.34. The van der Waals surface area contributed by atoms with Crippen molar-refractivity contribution in [2.45, 2.75) is 6.92 Å². The lowest BCUT2D eigenvalue weighted by molar-refractivity contribution is -0.383. The summed E-state index contributed by atoms with van der Waals surface area (Å²) in [6.45, 7) is 2.34. The van der Waals surface area contributed by atoms with E-state index in [9.17, 15) is 14.9 Å². The van der Waals surface area contributed by atoms with Crippen molar-refractivity contribution >= 4 is 34.5 Å². The van der Waals surface area contributed by atoms with Gasteiger partial charge < -0.3 is 20.1 Å². The van der Waals surface area contributed by atoms with Crippen molar-refractivity contribution in [2.24, 2.45) is 0 Å². The van der Waals surface area contributed by atoms with Crippen molar-refractivity contribution in [3.05, 3.63) is 64.5 Å². The Morgan fingerprint density at radius 2 is 1.67 bits per heavy atom. The zero-order chi connectivity index (χ0) is 21.1. The molecule has 10 heteroatoms. The highest BCUT2D eigenvalue weighted by Gasteiger charge is 2.24. The number of fused-ring (bicyclic) bond motifs is 1. The fourth-order valence-corrected chi connectivity index (χ4v) is 2.95. The molecule has 0 amide bonds. The number of Topliss-reactive ketones (excluding diaryl/α,β-unsaturated/α-hetero) is 1. The summed E-state index contributed by atoms with van der Waals surface area (Å²) < 4.78 is 11.0. The van der Waals surface area contributed by atoms with Gasteiger partial charge in [0.15, 0.2) is 17.3 Å². The summed E-state index contributed by atoms with van der Waals surface area (Å²) in [7, 11) is 0. The largest absolute Gasteiger partial charge is 0.486 e. The van der Waals surface area contributed by atoms with E-state index in [1.165, 1.54) is 13.3 Å². The Balaban J connectivity index is 1.66. The number of nitrogens with zero attached hydrogens (tertiary/aromatic N) is 3. The highest BCUT2D eigenvalue weighted by atomic mass is 16.6. The predicted molar refractivity (Wildman–Crippen MR) is 109 cm³/mol. The molecule has 10 nitrogen and oxygen atoms in total. The molecule has 0 unspecified atom stereocenters. The monoisotopic (exact) mass is 407 g/mol. The molecule has 1 aliphatic rings. The number of aromatic nitrogens is 2. The Morgan fingerprint density at radius 3 is 2.33 bits per heavy atom. The van der Waals surface area contributed by atoms with Crippen LogP contribution in [0.4, 0.5) is 28.7 Å². The van der Waals surface area contributed by atoms with Crippen LogP contribution in [0.1, 0.15) is 17.3 Å². The number of rotatable bonds is 6. The molecular weight excluding hydrogens is 390 g/mol. The van der Waals surface area contributed by atoms with E-state index in [0.29, 0.717) is 41.7 Å². The van der Waals surface area contributed by atoms with Crippen LogP contribution in [-0.2, 0) is 0 Å². The summed E-state index contributed by atoms with van der Waals surface area (Å²) in [6.07, 6.45) is 1.21. The molecule has 2 aromatic carbocycles. The number of ketones is 1. The molecule has 0 spiro atoms. The molecule has 0 bridgehead atoms. The molecule has 0 fully saturated rings. The molecule has 0 radical (unpaired) electrons. The van der Waals surface area contributed by atoms with E-state index in [1.807, 2.05) is 0 Å². The first-order valence-corrected chi connectivity index (χ1v) is 9.05. The second kappa shape index (κ2) is 8.03. The van der Waals surface area contributed by atoms with Gasteiger partial charge in [-0.2, -0.15) is 0 Å². The molecule has 0 atom stereocenters. The molecule has 1 aliphatic heterocycles. The topological polar surface area (TPSA) is 129 Å². The van der Waals surface area contributed by atoms with Gasteiger partial charge >= 0.3 is 5.69 Å². The summed E-state index contributed by atoms with van der Waals surface area (Å²) >= 11 is 0. The molecular formula is C20H17N5O5. The number of carbonyl (C=O) groups excluding carboxylic acids is 1. The molecule has 0 saturated heterocycles. The van der Waals surface area contributed by atoms with Crippen LogP contribution in [-0.4, -0.2) is 33.9 Å². The highest BCUT2D eigenvalue weighted by Crippen LogP contribution is 2.36. The fourth-order valence-electron chi connectivity index (χ4n) is 2.95. The minimum absolute atomic E-state index is 0.00394. The third kappa shape index (κ3) is 3.97. The van der Waals surface area contributed by atoms with Crippen LogP contribution in [0.2, 0.25) is 0 Å². The Kier molecular flexibility index (Phi) is 5.12. The van der Waals surface area contributed by atoms with Gasteiger partial charge in [0.05, 0.1) is 4.92 Å². The van der Waals surface area contributed by atoms with E-state index in [-0.39, 0.29) is 23.1 Å². The third-order valence-electron chi connectivity index (χ3n) is 4.34. The first kappa shape index (κ1) is 19.1. The SMILES string of the molecule is CC(=O)c1cccc(Nc2ncnc(Nc3ccc4c(c3)OCCO4)c2[N+](=O)[O-])c1. The van der Waals surface area contributed by atoms with Crippen LogP contribution in [0.25, 0.3) is 0 Å². The number of carbonyl (C=O) groups is 1. The Morgan fingerprint density at radius 1 is 1.00 bits per heavy atom. The molecule has 2 heterocycles. The average molecular weight is 407 g/mol.